The van der Waals surface area contributed by atoms with E-state index in [0.29, 0.717) is 44.7 Å². The number of halogens is 1. The summed E-state index contributed by atoms with van der Waals surface area (Å²) in [5, 5.41) is 0. The molecule has 0 radical (unpaired) electrons. The minimum Gasteiger partial charge on any atom is -0.343 e. The number of likely N-dealkylation sites (tertiary alicyclic amines) is 1. The molecular weight excluding hydrogens is 264 g/mol. The first-order valence-corrected chi connectivity index (χ1v) is 8.16. The van der Waals surface area contributed by atoms with E-state index in [1.54, 1.807) is 4.90 Å². The fourth-order valence-corrected chi connectivity index (χ4v) is 2.90. The van der Waals surface area contributed by atoms with Gasteiger partial charge in [-0.25, -0.2) is 13.1 Å². The quantitative estimate of drug-likeness (QED) is 0.749. The van der Waals surface area contributed by atoms with E-state index in [1.165, 1.54) is 0 Å². The van der Waals surface area contributed by atoms with E-state index < -0.39 is 10.0 Å². The minimum atomic E-state index is -3.15. The molecule has 0 aromatic heterocycles. The van der Waals surface area contributed by atoms with Gasteiger partial charge in [0.05, 0.1) is 6.26 Å². The molecule has 100 valence electrons. The van der Waals surface area contributed by atoms with Crippen molar-refractivity contribution in [3.63, 3.8) is 0 Å². The van der Waals surface area contributed by atoms with Gasteiger partial charge >= 0.3 is 0 Å². The van der Waals surface area contributed by atoms with Crippen LogP contribution in [0.1, 0.15) is 25.7 Å². The van der Waals surface area contributed by atoms with Crippen LogP contribution in [0.2, 0.25) is 0 Å². The van der Waals surface area contributed by atoms with Crippen molar-refractivity contribution in [3.05, 3.63) is 0 Å². The van der Waals surface area contributed by atoms with Gasteiger partial charge in [-0.2, -0.15) is 0 Å². The highest BCUT2D eigenvalue weighted by atomic mass is 35.5. The molecule has 5 nitrogen and oxygen atoms in total. The van der Waals surface area contributed by atoms with Crippen LogP contribution in [0.25, 0.3) is 0 Å². The lowest BCUT2D eigenvalue weighted by atomic mass is 10.1. The smallest absolute Gasteiger partial charge is 0.222 e. The van der Waals surface area contributed by atoms with E-state index in [2.05, 4.69) is 4.72 Å². The Morgan fingerprint density at radius 1 is 1.41 bits per heavy atom. The Morgan fingerprint density at radius 3 is 2.47 bits per heavy atom. The van der Waals surface area contributed by atoms with Crippen LogP contribution >= 0.6 is 11.6 Å². The van der Waals surface area contributed by atoms with Gasteiger partial charge in [0.1, 0.15) is 0 Å². The summed E-state index contributed by atoms with van der Waals surface area (Å²) in [4.78, 5) is 13.5. The van der Waals surface area contributed by atoms with Crippen molar-refractivity contribution in [2.24, 2.45) is 0 Å². The number of amides is 1. The van der Waals surface area contributed by atoms with Gasteiger partial charge in [-0.1, -0.05) is 0 Å². The van der Waals surface area contributed by atoms with Crippen LogP contribution in [0.5, 0.6) is 0 Å². The fourth-order valence-electron chi connectivity index (χ4n) is 1.93. The van der Waals surface area contributed by atoms with Gasteiger partial charge in [0.25, 0.3) is 0 Å². The Balaban J connectivity index is 2.33. The molecular formula is C10H19ClN2O3S. The monoisotopic (exact) mass is 282 g/mol. The molecule has 1 N–H and O–H groups in total. The highest BCUT2D eigenvalue weighted by molar-refractivity contribution is 7.88. The van der Waals surface area contributed by atoms with Crippen molar-refractivity contribution >= 4 is 27.5 Å². The first kappa shape index (κ1) is 14.7. The Bertz CT molecular complexity index is 351. The first-order valence-electron chi connectivity index (χ1n) is 5.73. The Hall–Kier alpha value is -0.330. The molecule has 1 heterocycles. The van der Waals surface area contributed by atoms with Crippen LogP contribution in [0, 0.1) is 0 Å². The van der Waals surface area contributed by atoms with Gasteiger partial charge < -0.3 is 4.90 Å². The largest absolute Gasteiger partial charge is 0.343 e. The van der Waals surface area contributed by atoms with Crippen molar-refractivity contribution in [2.75, 3.05) is 25.2 Å². The Kier molecular flexibility index (Phi) is 5.69. The van der Waals surface area contributed by atoms with E-state index in [0.717, 1.165) is 6.26 Å². The predicted molar refractivity (Wildman–Crippen MR) is 67.5 cm³/mol. The van der Waals surface area contributed by atoms with Gasteiger partial charge in [-0.3, -0.25) is 4.79 Å². The highest BCUT2D eigenvalue weighted by Crippen LogP contribution is 2.12. The summed E-state index contributed by atoms with van der Waals surface area (Å²) in [6.45, 7) is 1.24. The van der Waals surface area contributed by atoms with Crippen LogP contribution in [0.3, 0.4) is 0 Å². The second-order valence-electron chi connectivity index (χ2n) is 4.34. The summed E-state index contributed by atoms with van der Waals surface area (Å²) < 4.78 is 24.7. The molecule has 0 bridgehead atoms. The molecule has 0 aliphatic carbocycles. The second kappa shape index (κ2) is 6.56. The number of nitrogens with zero attached hydrogens (tertiary/aromatic N) is 1. The number of hydrogen-bond acceptors (Lipinski definition) is 3. The molecule has 0 aromatic rings. The van der Waals surface area contributed by atoms with E-state index in [4.69, 9.17) is 11.6 Å². The van der Waals surface area contributed by atoms with Crippen molar-refractivity contribution < 1.29 is 13.2 Å². The fraction of sp³-hybridized carbons (Fsp3) is 0.900. The van der Waals surface area contributed by atoms with Crippen LogP contribution in [0.15, 0.2) is 0 Å². The maximum Gasteiger partial charge on any atom is 0.222 e. The second-order valence-corrected chi connectivity index (χ2v) is 6.50. The summed E-state index contributed by atoms with van der Waals surface area (Å²) in [6, 6.07) is -0.0397. The van der Waals surface area contributed by atoms with Gasteiger partial charge in [-0.15, -0.1) is 11.6 Å². The summed E-state index contributed by atoms with van der Waals surface area (Å²) in [5.41, 5.74) is 0. The molecule has 1 aliphatic rings. The van der Waals surface area contributed by atoms with Crippen LogP contribution in [-0.2, 0) is 14.8 Å². The molecule has 0 aromatic carbocycles. The zero-order valence-electron chi connectivity index (χ0n) is 9.99. The summed E-state index contributed by atoms with van der Waals surface area (Å²) in [7, 11) is -3.15. The van der Waals surface area contributed by atoms with E-state index in [1.807, 2.05) is 0 Å². The number of alkyl halides is 1. The molecule has 1 aliphatic heterocycles. The van der Waals surface area contributed by atoms with E-state index in [9.17, 15) is 13.2 Å². The molecule has 1 saturated heterocycles. The number of hydrogen-bond donors (Lipinski definition) is 1. The average molecular weight is 283 g/mol. The van der Waals surface area contributed by atoms with Crippen LogP contribution in [-0.4, -0.2) is 50.5 Å². The third-order valence-electron chi connectivity index (χ3n) is 2.75. The number of piperidine rings is 1. The SMILES string of the molecule is CS(=O)(=O)NC1CCN(C(=O)CCCCl)CC1. The topological polar surface area (TPSA) is 66.5 Å². The molecule has 7 heteroatoms. The number of sulfonamides is 1. The average Bonchev–Trinajstić information content (AvgIpc) is 2.24. The number of carbonyl (C=O) groups excluding carboxylic acids is 1. The minimum absolute atomic E-state index is 0.0397. The molecule has 1 fully saturated rings. The summed E-state index contributed by atoms with van der Waals surface area (Å²) in [6.07, 6.45) is 3.69. The maximum atomic E-state index is 11.7. The molecule has 0 spiro atoms. The third-order valence-corrected chi connectivity index (χ3v) is 3.78. The lowest BCUT2D eigenvalue weighted by Crippen LogP contribution is -2.46. The van der Waals surface area contributed by atoms with Crippen LogP contribution < -0.4 is 4.72 Å². The van der Waals surface area contributed by atoms with Crippen molar-refractivity contribution in [2.45, 2.75) is 31.7 Å². The maximum absolute atomic E-state index is 11.7. The Morgan fingerprint density at radius 2 is 2.00 bits per heavy atom. The zero-order chi connectivity index (χ0) is 12.9. The third kappa shape index (κ3) is 5.70. The highest BCUT2D eigenvalue weighted by Gasteiger charge is 2.23. The van der Waals surface area contributed by atoms with Crippen molar-refractivity contribution in [1.29, 1.82) is 0 Å². The summed E-state index contributed by atoms with van der Waals surface area (Å²) in [5.74, 6) is 0.612. The lowest BCUT2D eigenvalue weighted by molar-refractivity contribution is -0.132. The number of nitrogens with one attached hydrogen (secondary N) is 1. The molecule has 17 heavy (non-hydrogen) atoms. The number of carbonyl (C=O) groups is 1. The summed E-state index contributed by atoms with van der Waals surface area (Å²) >= 11 is 5.53. The van der Waals surface area contributed by atoms with Gasteiger partial charge in [0.15, 0.2) is 0 Å². The molecule has 0 saturated carbocycles. The molecule has 1 amide bonds. The molecule has 0 atom stereocenters. The lowest BCUT2D eigenvalue weighted by Gasteiger charge is -2.32. The zero-order valence-corrected chi connectivity index (χ0v) is 11.6. The predicted octanol–water partition coefficient (Wildman–Crippen LogP) is 0.546. The van der Waals surface area contributed by atoms with Crippen LogP contribution in [0.4, 0.5) is 0 Å². The number of rotatable bonds is 5. The van der Waals surface area contributed by atoms with Gasteiger partial charge in [0, 0.05) is 31.4 Å². The Labute approximate surface area is 108 Å². The van der Waals surface area contributed by atoms with Crippen molar-refractivity contribution in [1.82, 2.24) is 9.62 Å². The first-order chi connectivity index (χ1) is 7.92. The van der Waals surface area contributed by atoms with E-state index >= 15 is 0 Å². The van der Waals surface area contributed by atoms with Crippen molar-refractivity contribution in [3.8, 4) is 0 Å². The van der Waals surface area contributed by atoms with Gasteiger partial charge in [-0.05, 0) is 19.3 Å². The van der Waals surface area contributed by atoms with E-state index in [-0.39, 0.29) is 11.9 Å². The van der Waals surface area contributed by atoms with Gasteiger partial charge in [0.2, 0.25) is 15.9 Å². The normalized spacial score (nSPS) is 18.4. The molecule has 0 unspecified atom stereocenters. The molecule has 1 rings (SSSR count). The standard InChI is InChI=1S/C10H19ClN2O3S/c1-17(15,16)12-9-4-7-13(8-5-9)10(14)3-2-6-11/h9,12H,2-8H2,1H3.